The van der Waals surface area contributed by atoms with E-state index in [2.05, 4.69) is 20.5 Å². The molecule has 1 saturated heterocycles. The maximum Gasteiger partial charge on any atom is 0.345 e. The third-order valence-corrected chi connectivity index (χ3v) is 2.59. The van der Waals surface area contributed by atoms with E-state index in [1.807, 2.05) is 0 Å². The van der Waals surface area contributed by atoms with Crippen LogP contribution in [0.5, 0.6) is 0 Å². The molecule has 10 nitrogen and oxygen atoms in total. The summed E-state index contributed by atoms with van der Waals surface area (Å²) in [5.74, 6) is -4.08. The highest BCUT2D eigenvalue weighted by Gasteiger charge is 2.35. The lowest BCUT2D eigenvalue weighted by molar-refractivity contribution is -0.200. The van der Waals surface area contributed by atoms with Gasteiger partial charge in [-0.05, 0) is 6.92 Å². The second kappa shape index (κ2) is 7.94. The molecule has 0 aromatic heterocycles. The minimum Gasteiger partial charge on any atom is -0.374 e. The molecule has 0 aromatic rings. The first-order valence-electron chi connectivity index (χ1n) is 6.14. The van der Waals surface area contributed by atoms with Crippen molar-refractivity contribution in [3.63, 3.8) is 0 Å². The van der Waals surface area contributed by atoms with Gasteiger partial charge in [0, 0.05) is 25.9 Å². The SMILES string of the molecule is CC(C(=O)NCCNOC=O)C(=O)ON1C(=O)CCC1=O. The maximum absolute atomic E-state index is 11.7. The third kappa shape index (κ3) is 4.84. The highest BCUT2D eigenvalue weighted by Crippen LogP contribution is 2.13. The lowest BCUT2D eigenvalue weighted by Crippen LogP contribution is -2.41. The van der Waals surface area contributed by atoms with Gasteiger partial charge in [-0.25, -0.2) is 4.79 Å². The van der Waals surface area contributed by atoms with Crippen molar-refractivity contribution in [1.29, 1.82) is 0 Å². The van der Waals surface area contributed by atoms with E-state index in [1.54, 1.807) is 0 Å². The minimum absolute atomic E-state index is 0.0188. The van der Waals surface area contributed by atoms with Gasteiger partial charge in [-0.15, -0.1) is 5.06 Å². The first-order valence-corrected chi connectivity index (χ1v) is 6.14. The van der Waals surface area contributed by atoms with Gasteiger partial charge in [0.1, 0.15) is 5.92 Å². The summed E-state index contributed by atoms with van der Waals surface area (Å²) in [5, 5.41) is 2.76. The van der Waals surface area contributed by atoms with Crippen molar-refractivity contribution in [1.82, 2.24) is 15.9 Å². The second-order valence-corrected chi connectivity index (χ2v) is 4.11. The summed E-state index contributed by atoms with van der Waals surface area (Å²) < 4.78 is 0. The van der Waals surface area contributed by atoms with Crippen LogP contribution in [0.4, 0.5) is 0 Å². The van der Waals surface area contributed by atoms with E-state index in [-0.39, 0.29) is 32.4 Å². The van der Waals surface area contributed by atoms with Crippen molar-refractivity contribution >= 4 is 30.2 Å². The van der Waals surface area contributed by atoms with E-state index in [4.69, 9.17) is 0 Å². The molecule has 0 radical (unpaired) electrons. The maximum atomic E-state index is 11.7. The van der Waals surface area contributed by atoms with Gasteiger partial charge >= 0.3 is 12.4 Å². The fourth-order valence-electron chi connectivity index (χ4n) is 1.42. The third-order valence-electron chi connectivity index (χ3n) is 2.59. The van der Waals surface area contributed by atoms with E-state index >= 15 is 0 Å². The Morgan fingerprint density at radius 3 is 2.48 bits per heavy atom. The largest absolute Gasteiger partial charge is 0.374 e. The molecule has 0 saturated carbocycles. The first-order chi connectivity index (χ1) is 9.97. The van der Waals surface area contributed by atoms with Crippen LogP contribution in [0.2, 0.25) is 0 Å². The summed E-state index contributed by atoms with van der Waals surface area (Å²) in [6, 6.07) is 0. The molecule has 1 unspecified atom stereocenters. The molecule has 3 amide bonds. The summed E-state index contributed by atoms with van der Waals surface area (Å²) in [7, 11) is 0. The van der Waals surface area contributed by atoms with Crippen LogP contribution in [0, 0.1) is 5.92 Å². The van der Waals surface area contributed by atoms with Crippen LogP contribution in [0.25, 0.3) is 0 Å². The highest BCUT2D eigenvalue weighted by molar-refractivity contribution is 6.03. The van der Waals surface area contributed by atoms with E-state index in [9.17, 15) is 24.0 Å². The topological polar surface area (TPSA) is 131 Å². The van der Waals surface area contributed by atoms with Gasteiger partial charge in [0.05, 0.1) is 0 Å². The molecule has 0 aromatic carbocycles. The molecule has 1 aliphatic heterocycles. The molecule has 1 heterocycles. The Morgan fingerprint density at radius 1 is 1.29 bits per heavy atom. The van der Waals surface area contributed by atoms with Crippen LogP contribution in [-0.4, -0.2) is 48.3 Å². The lowest BCUT2D eigenvalue weighted by atomic mass is 10.2. The number of nitrogens with zero attached hydrogens (tertiary/aromatic N) is 1. The Labute approximate surface area is 119 Å². The van der Waals surface area contributed by atoms with Crippen molar-refractivity contribution in [2.45, 2.75) is 19.8 Å². The van der Waals surface area contributed by atoms with Gasteiger partial charge in [-0.3, -0.25) is 19.2 Å². The monoisotopic (exact) mass is 301 g/mol. The molecule has 0 spiro atoms. The second-order valence-electron chi connectivity index (χ2n) is 4.11. The predicted molar refractivity (Wildman–Crippen MR) is 64.5 cm³/mol. The standard InChI is InChI=1S/C11H15N3O7/c1-7(10(18)12-4-5-13-20-6-15)11(19)21-14-8(16)2-3-9(14)17/h6-7,13H,2-5H2,1H3,(H,12,18). The summed E-state index contributed by atoms with van der Waals surface area (Å²) >= 11 is 0. The number of imide groups is 1. The fourth-order valence-corrected chi connectivity index (χ4v) is 1.42. The van der Waals surface area contributed by atoms with Crippen LogP contribution in [0.15, 0.2) is 0 Å². The number of amides is 3. The Balaban J connectivity index is 2.35. The average Bonchev–Trinajstić information content (AvgIpc) is 2.77. The number of carbonyl (C=O) groups is 5. The van der Waals surface area contributed by atoms with Gasteiger partial charge in [-0.1, -0.05) is 0 Å². The van der Waals surface area contributed by atoms with Gasteiger partial charge in [-0.2, -0.15) is 5.48 Å². The van der Waals surface area contributed by atoms with Crippen molar-refractivity contribution < 1.29 is 33.6 Å². The zero-order valence-electron chi connectivity index (χ0n) is 11.3. The van der Waals surface area contributed by atoms with Crippen molar-refractivity contribution in [2.24, 2.45) is 5.92 Å². The van der Waals surface area contributed by atoms with Crippen LogP contribution in [0.3, 0.4) is 0 Å². The minimum atomic E-state index is -1.20. The normalized spacial score (nSPS) is 15.6. The Hall–Kier alpha value is -2.49. The number of carbonyl (C=O) groups excluding carboxylic acids is 5. The predicted octanol–water partition coefficient (Wildman–Crippen LogP) is -1.98. The molecule has 0 bridgehead atoms. The molecule has 1 aliphatic rings. The van der Waals surface area contributed by atoms with Crippen LogP contribution < -0.4 is 10.8 Å². The van der Waals surface area contributed by atoms with Crippen LogP contribution in [-0.2, 0) is 33.6 Å². The summed E-state index contributed by atoms with van der Waals surface area (Å²) in [6.45, 7) is 1.71. The van der Waals surface area contributed by atoms with Gasteiger partial charge in [0.25, 0.3) is 11.8 Å². The molecule has 0 aliphatic carbocycles. The molecular formula is C11H15N3O7. The number of nitrogens with one attached hydrogen (secondary N) is 2. The molecule has 21 heavy (non-hydrogen) atoms. The molecule has 1 atom stereocenters. The number of hydrogen-bond donors (Lipinski definition) is 2. The zero-order chi connectivity index (χ0) is 15.8. The fraction of sp³-hybridized carbons (Fsp3) is 0.545. The van der Waals surface area contributed by atoms with Crippen molar-refractivity contribution in [3.8, 4) is 0 Å². The summed E-state index contributed by atoms with van der Waals surface area (Å²) in [6.07, 6.45) is -0.0375. The lowest BCUT2D eigenvalue weighted by Gasteiger charge is -2.16. The smallest absolute Gasteiger partial charge is 0.345 e. The Bertz CT molecular complexity index is 435. The van der Waals surface area contributed by atoms with E-state index in [0.717, 1.165) is 0 Å². The van der Waals surface area contributed by atoms with Crippen molar-refractivity contribution in [2.75, 3.05) is 13.1 Å². The Kier molecular flexibility index (Phi) is 6.27. The molecule has 10 heteroatoms. The van der Waals surface area contributed by atoms with E-state index < -0.39 is 29.6 Å². The van der Waals surface area contributed by atoms with Gasteiger partial charge in [0.15, 0.2) is 0 Å². The summed E-state index contributed by atoms with van der Waals surface area (Å²) in [5.41, 5.74) is 2.23. The van der Waals surface area contributed by atoms with Crippen molar-refractivity contribution in [3.05, 3.63) is 0 Å². The van der Waals surface area contributed by atoms with Gasteiger partial charge < -0.3 is 15.0 Å². The number of hydroxylamine groups is 3. The number of rotatable bonds is 8. The molecular weight excluding hydrogens is 286 g/mol. The number of hydrogen-bond acceptors (Lipinski definition) is 8. The van der Waals surface area contributed by atoms with Crippen LogP contribution in [0.1, 0.15) is 19.8 Å². The first kappa shape index (κ1) is 16.6. The molecule has 116 valence electrons. The zero-order valence-corrected chi connectivity index (χ0v) is 11.3. The molecule has 2 N–H and O–H groups in total. The molecule has 1 rings (SSSR count). The quantitative estimate of drug-likeness (QED) is 0.173. The van der Waals surface area contributed by atoms with E-state index in [0.29, 0.717) is 5.06 Å². The van der Waals surface area contributed by atoms with Gasteiger partial charge in [0.2, 0.25) is 5.91 Å². The van der Waals surface area contributed by atoms with E-state index in [1.165, 1.54) is 6.92 Å². The molecule has 1 fully saturated rings. The Morgan fingerprint density at radius 2 is 1.90 bits per heavy atom. The summed E-state index contributed by atoms with van der Waals surface area (Å²) in [4.78, 5) is 64.4. The average molecular weight is 301 g/mol. The van der Waals surface area contributed by atoms with Crippen LogP contribution >= 0.6 is 0 Å². The highest BCUT2D eigenvalue weighted by atomic mass is 16.7.